The molecule has 0 aromatic carbocycles. The van der Waals surface area contributed by atoms with Gasteiger partial charge in [-0.3, -0.25) is 4.99 Å². The molecule has 3 nitrogen and oxygen atoms in total. The molecule has 0 aromatic heterocycles. The summed E-state index contributed by atoms with van der Waals surface area (Å²) in [5, 5.41) is 0. The lowest BCUT2D eigenvalue weighted by molar-refractivity contribution is -0.139. The van der Waals surface area contributed by atoms with E-state index in [1.807, 2.05) is 27.7 Å². The number of carbonyl (C=O) groups excluding carboxylic acids is 1. The third-order valence-electron chi connectivity index (χ3n) is 1.97. The van der Waals surface area contributed by atoms with Crippen LogP contribution in [0.15, 0.2) is 4.99 Å². The van der Waals surface area contributed by atoms with Gasteiger partial charge < -0.3 is 4.74 Å². The van der Waals surface area contributed by atoms with Crippen LogP contribution in [-0.2, 0) is 9.53 Å². The van der Waals surface area contributed by atoms with Crippen molar-refractivity contribution < 1.29 is 9.53 Å². The average molecular weight is 197 g/mol. The second kappa shape index (κ2) is 4.58. The van der Waals surface area contributed by atoms with Crippen molar-refractivity contribution >= 4 is 11.7 Å². The molecule has 0 heterocycles. The number of rotatable bonds is 4. The van der Waals surface area contributed by atoms with Gasteiger partial charge in [0.1, 0.15) is 5.71 Å². The largest absolute Gasteiger partial charge is 0.458 e. The molecule has 0 aromatic rings. The number of ether oxygens (including phenoxy) is 1. The number of nitrogens with zero attached hydrogens (tertiary/aromatic N) is 1. The molecule has 1 rings (SSSR count). The Labute approximate surface area is 85.6 Å². The smallest absolute Gasteiger partial charge is 0.352 e. The van der Waals surface area contributed by atoms with E-state index in [1.165, 1.54) is 0 Å². The van der Waals surface area contributed by atoms with Crippen LogP contribution in [-0.4, -0.2) is 23.8 Å². The van der Waals surface area contributed by atoms with Crippen molar-refractivity contribution in [3.05, 3.63) is 0 Å². The van der Waals surface area contributed by atoms with E-state index in [-0.39, 0.29) is 18.0 Å². The van der Waals surface area contributed by atoms with E-state index in [9.17, 15) is 4.79 Å². The Morgan fingerprint density at radius 3 is 2.21 bits per heavy atom. The first-order valence-corrected chi connectivity index (χ1v) is 5.29. The molecule has 0 bridgehead atoms. The van der Waals surface area contributed by atoms with E-state index < -0.39 is 0 Å². The minimum atomic E-state index is -0.248. The number of aliphatic imine (C=N–C) groups is 1. The van der Waals surface area contributed by atoms with E-state index >= 15 is 0 Å². The molecule has 0 unspecified atom stereocenters. The topological polar surface area (TPSA) is 38.7 Å². The van der Waals surface area contributed by atoms with Crippen LogP contribution < -0.4 is 0 Å². The molecular weight excluding hydrogens is 178 g/mol. The predicted molar refractivity (Wildman–Crippen MR) is 56.5 cm³/mol. The molecule has 0 radical (unpaired) electrons. The summed E-state index contributed by atoms with van der Waals surface area (Å²) < 4.78 is 5.13. The Kier molecular flexibility index (Phi) is 3.67. The van der Waals surface area contributed by atoms with Gasteiger partial charge in [0.05, 0.1) is 12.1 Å². The van der Waals surface area contributed by atoms with Crippen molar-refractivity contribution in [1.29, 1.82) is 0 Å². The molecular formula is C11H19NO2. The first kappa shape index (κ1) is 11.2. The van der Waals surface area contributed by atoms with Crippen molar-refractivity contribution in [2.75, 3.05) is 0 Å². The van der Waals surface area contributed by atoms with E-state index in [2.05, 4.69) is 4.99 Å². The first-order valence-electron chi connectivity index (χ1n) is 5.29. The van der Waals surface area contributed by atoms with Crippen LogP contribution in [0.2, 0.25) is 0 Å². The van der Waals surface area contributed by atoms with Gasteiger partial charge in [-0.2, -0.15) is 0 Å². The van der Waals surface area contributed by atoms with Crippen LogP contribution >= 0.6 is 0 Å². The molecule has 0 spiro atoms. The Bertz CT molecular complexity index is 240. The number of esters is 1. The van der Waals surface area contributed by atoms with Crippen LogP contribution in [0.5, 0.6) is 0 Å². The third kappa shape index (κ3) is 3.48. The fourth-order valence-corrected chi connectivity index (χ4v) is 1.11. The van der Waals surface area contributed by atoms with Crippen LogP contribution in [0.3, 0.4) is 0 Å². The van der Waals surface area contributed by atoms with Crippen LogP contribution in [0.1, 0.15) is 40.5 Å². The monoisotopic (exact) mass is 197 g/mol. The highest BCUT2D eigenvalue weighted by atomic mass is 16.5. The number of hydrogen-bond donors (Lipinski definition) is 0. The van der Waals surface area contributed by atoms with E-state index in [0.717, 1.165) is 12.8 Å². The van der Waals surface area contributed by atoms with Gasteiger partial charge in [-0.1, -0.05) is 13.8 Å². The molecule has 0 atom stereocenters. The summed E-state index contributed by atoms with van der Waals surface area (Å²) in [5.41, 5.74) is 0.598. The molecule has 1 fully saturated rings. The zero-order chi connectivity index (χ0) is 10.7. The van der Waals surface area contributed by atoms with Gasteiger partial charge in [0.15, 0.2) is 0 Å². The summed E-state index contributed by atoms with van der Waals surface area (Å²) in [6.45, 7) is 7.66. The molecule has 3 heteroatoms. The quantitative estimate of drug-likeness (QED) is 0.512. The lowest BCUT2D eigenvalue weighted by atomic mass is 10.1. The van der Waals surface area contributed by atoms with E-state index in [1.54, 1.807) is 0 Å². The first-order chi connectivity index (χ1) is 6.50. The fraction of sp³-hybridized carbons (Fsp3) is 0.818. The highest BCUT2D eigenvalue weighted by Gasteiger charge is 2.25. The van der Waals surface area contributed by atoms with Crippen LogP contribution in [0.4, 0.5) is 0 Å². The molecule has 0 amide bonds. The highest BCUT2D eigenvalue weighted by Crippen LogP contribution is 2.24. The SMILES string of the molecule is CC(C)OC(=O)C(=NC1CC1)C(C)C. The van der Waals surface area contributed by atoms with Gasteiger partial charge in [0, 0.05) is 5.92 Å². The summed E-state index contributed by atoms with van der Waals surface area (Å²) in [4.78, 5) is 16.0. The maximum absolute atomic E-state index is 11.6. The van der Waals surface area contributed by atoms with Crippen molar-refractivity contribution in [1.82, 2.24) is 0 Å². The zero-order valence-corrected chi connectivity index (χ0v) is 9.41. The summed E-state index contributed by atoms with van der Waals surface area (Å²) in [6.07, 6.45) is 2.17. The Hall–Kier alpha value is -0.860. The Balaban J connectivity index is 2.61. The fourth-order valence-electron chi connectivity index (χ4n) is 1.11. The van der Waals surface area contributed by atoms with Gasteiger partial charge in [-0.25, -0.2) is 4.79 Å². The van der Waals surface area contributed by atoms with Gasteiger partial charge in [0.2, 0.25) is 0 Å². The molecule has 1 saturated carbocycles. The standard InChI is InChI=1S/C11H19NO2/c1-7(2)10(12-9-5-6-9)11(13)14-8(3)4/h7-9H,5-6H2,1-4H3. The summed E-state index contributed by atoms with van der Waals surface area (Å²) in [7, 11) is 0. The summed E-state index contributed by atoms with van der Waals surface area (Å²) >= 11 is 0. The van der Waals surface area contributed by atoms with Crippen LogP contribution in [0.25, 0.3) is 0 Å². The number of carbonyl (C=O) groups is 1. The van der Waals surface area contributed by atoms with Crippen molar-refractivity contribution in [3.63, 3.8) is 0 Å². The molecule has 0 aliphatic heterocycles. The molecule has 1 aliphatic carbocycles. The lowest BCUT2D eigenvalue weighted by Crippen LogP contribution is -2.26. The number of hydrogen-bond acceptors (Lipinski definition) is 3. The second-order valence-electron chi connectivity index (χ2n) is 4.35. The maximum Gasteiger partial charge on any atom is 0.352 e. The predicted octanol–water partition coefficient (Wildman–Crippen LogP) is 2.20. The zero-order valence-electron chi connectivity index (χ0n) is 9.41. The van der Waals surface area contributed by atoms with Crippen molar-refractivity contribution in [2.24, 2.45) is 10.9 Å². The van der Waals surface area contributed by atoms with E-state index in [4.69, 9.17) is 4.74 Å². The maximum atomic E-state index is 11.6. The normalized spacial score (nSPS) is 17.7. The second-order valence-corrected chi connectivity index (χ2v) is 4.35. The van der Waals surface area contributed by atoms with Gasteiger partial charge in [-0.05, 0) is 26.7 Å². The van der Waals surface area contributed by atoms with Crippen molar-refractivity contribution in [2.45, 2.75) is 52.7 Å². The molecule has 80 valence electrons. The molecule has 0 saturated heterocycles. The van der Waals surface area contributed by atoms with Crippen LogP contribution in [0, 0.1) is 5.92 Å². The molecule has 1 aliphatic rings. The van der Waals surface area contributed by atoms with Gasteiger partial charge >= 0.3 is 5.97 Å². The van der Waals surface area contributed by atoms with Gasteiger partial charge in [0.25, 0.3) is 0 Å². The van der Waals surface area contributed by atoms with Crippen molar-refractivity contribution in [3.8, 4) is 0 Å². The third-order valence-corrected chi connectivity index (χ3v) is 1.97. The summed E-state index contributed by atoms with van der Waals surface area (Å²) in [5.74, 6) is -0.0938. The Morgan fingerprint density at radius 1 is 1.29 bits per heavy atom. The van der Waals surface area contributed by atoms with Gasteiger partial charge in [-0.15, -0.1) is 0 Å². The molecule has 0 N–H and O–H groups in total. The minimum absolute atomic E-state index is 0.0642. The summed E-state index contributed by atoms with van der Waals surface area (Å²) in [6, 6.07) is 0.382. The minimum Gasteiger partial charge on any atom is -0.458 e. The Morgan fingerprint density at radius 2 is 1.86 bits per heavy atom. The lowest BCUT2D eigenvalue weighted by Gasteiger charge is -2.12. The average Bonchev–Trinajstić information content (AvgIpc) is 2.80. The molecule has 14 heavy (non-hydrogen) atoms. The highest BCUT2D eigenvalue weighted by molar-refractivity contribution is 6.37. The van der Waals surface area contributed by atoms with E-state index in [0.29, 0.717) is 11.8 Å².